The minimum Gasteiger partial charge on any atom is -0.356 e. The van der Waals surface area contributed by atoms with Crippen LogP contribution in [0.15, 0.2) is 70.9 Å². The molecule has 0 unspecified atom stereocenters. The molecule has 23 heavy (non-hydrogen) atoms. The monoisotopic (exact) mass is 364 g/mol. The summed E-state index contributed by atoms with van der Waals surface area (Å²) in [7, 11) is -3.60. The quantitative estimate of drug-likeness (QED) is 0.673. The summed E-state index contributed by atoms with van der Waals surface area (Å²) in [4.78, 5) is 0. The Hall–Kier alpha value is -2.02. The summed E-state index contributed by atoms with van der Waals surface area (Å²) in [6.45, 7) is 0. The van der Waals surface area contributed by atoms with Crippen molar-refractivity contribution in [2.75, 3.05) is 10.0 Å². The summed E-state index contributed by atoms with van der Waals surface area (Å²) >= 11 is 6.81. The van der Waals surface area contributed by atoms with Crippen molar-refractivity contribution in [2.24, 2.45) is 0 Å². The maximum Gasteiger partial charge on any atom is 0.271 e. The lowest BCUT2D eigenvalue weighted by molar-refractivity contribution is 0.603. The fourth-order valence-corrected chi connectivity index (χ4v) is 4.50. The molecule has 0 radical (unpaired) electrons. The van der Waals surface area contributed by atoms with Crippen LogP contribution in [-0.2, 0) is 10.0 Å². The Balaban J connectivity index is 1.72. The lowest BCUT2D eigenvalue weighted by Crippen LogP contribution is -2.11. The van der Waals surface area contributed by atoms with E-state index < -0.39 is 10.0 Å². The molecule has 2 aromatic carbocycles. The molecule has 0 aliphatic carbocycles. The summed E-state index contributed by atoms with van der Waals surface area (Å²) in [6.07, 6.45) is 0. The molecule has 7 heteroatoms. The van der Waals surface area contributed by atoms with Crippen LogP contribution in [0.5, 0.6) is 0 Å². The molecule has 0 saturated carbocycles. The number of anilines is 3. The van der Waals surface area contributed by atoms with Crippen LogP contribution in [0.3, 0.4) is 0 Å². The number of thiophene rings is 1. The van der Waals surface area contributed by atoms with Crippen LogP contribution in [0, 0.1) is 0 Å². The number of nitrogens with one attached hydrogen (secondary N) is 2. The number of hydrogen-bond donors (Lipinski definition) is 2. The Bertz CT molecular complexity index is 891. The van der Waals surface area contributed by atoms with E-state index in [1.165, 1.54) is 6.07 Å². The second-order valence-corrected chi connectivity index (χ2v) is 8.36. The first-order valence-electron chi connectivity index (χ1n) is 6.73. The Morgan fingerprint density at radius 2 is 1.39 bits per heavy atom. The van der Waals surface area contributed by atoms with Crippen molar-refractivity contribution in [3.63, 3.8) is 0 Å². The van der Waals surface area contributed by atoms with Gasteiger partial charge in [-0.25, -0.2) is 8.42 Å². The Morgan fingerprint density at radius 1 is 0.783 bits per heavy atom. The number of benzene rings is 2. The van der Waals surface area contributed by atoms with E-state index in [1.807, 2.05) is 42.5 Å². The van der Waals surface area contributed by atoms with E-state index in [0.29, 0.717) is 10.0 Å². The predicted octanol–water partition coefficient (Wildman–Crippen LogP) is 4.95. The van der Waals surface area contributed by atoms with Crippen LogP contribution in [0.1, 0.15) is 0 Å². The smallest absolute Gasteiger partial charge is 0.271 e. The molecule has 4 nitrogen and oxygen atoms in total. The molecule has 1 heterocycles. The molecule has 0 bridgehead atoms. The largest absolute Gasteiger partial charge is 0.356 e. The van der Waals surface area contributed by atoms with Gasteiger partial charge in [0.15, 0.2) is 0 Å². The van der Waals surface area contributed by atoms with Gasteiger partial charge in [-0.3, -0.25) is 4.72 Å². The number of sulfonamides is 1. The van der Waals surface area contributed by atoms with Crippen LogP contribution in [0.4, 0.5) is 17.1 Å². The molecule has 3 rings (SSSR count). The predicted molar refractivity (Wildman–Crippen MR) is 96.3 cm³/mol. The molecule has 0 aliphatic rings. The maximum absolute atomic E-state index is 12.2. The van der Waals surface area contributed by atoms with Gasteiger partial charge in [-0.2, -0.15) is 0 Å². The standard InChI is InChI=1S/C16H13ClN2O2S2/c17-15-10-11-16(22-15)23(20,21)19-14-8-6-13(7-9-14)18-12-4-2-1-3-5-12/h1-11,18-19H. The molecule has 0 saturated heterocycles. The number of hydrogen-bond acceptors (Lipinski definition) is 4. The highest BCUT2D eigenvalue weighted by Crippen LogP contribution is 2.27. The summed E-state index contributed by atoms with van der Waals surface area (Å²) < 4.78 is 27.6. The van der Waals surface area contributed by atoms with E-state index in [4.69, 9.17) is 11.6 Å². The first-order chi connectivity index (χ1) is 11.0. The molecular weight excluding hydrogens is 352 g/mol. The van der Waals surface area contributed by atoms with E-state index >= 15 is 0 Å². The van der Waals surface area contributed by atoms with Gasteiger partial charge in [0.1, 0.15) is 4.21 Å². The summed E-state index contributed by atoms with van der Waals surface area (Å²) in [6, 6.07) is 19.8. The molecule has 1 aromatic heterocycles. The fourth-order valence-electron chi connectivity index (χ4n) is 1.96. The topological polar surface area (TPSA) is 58.2 Å². The van der Waals surface area contributed by atoms with Gasteiger partial charge < -0.3 is 5.32 Å². The third kappa shape index (κ3) is 4.04. The molecular formula is C16H13ClN2O2S2. The average Bonchev–Trinajstić information content (AvgIpc) is 2.98. The van der Waals surface area contributed by atoms with Gasteiger partial charge in [0, 0.05) is 17.1 Å². The van der Waals surface area contributed by atoms with Gasteiger partial charge in [-0.15, -0.1) is 11.3 Å². The zero-order valence-electron chi connectivity index (χ0n) is 11.9. The van der Waals surface area contributed by atoms with Crippen LogP contribution in [-0.4, -0.2) is 8.42 Å². The van der Waals surface area contributed by atoms with Crippen molar-refractivity contribution in [1.29, 1.82) is 0 Å². The molecule has 0 atom stereocenters. The van der Waals surface area contributed by atoms with Crippen molar-refractivity contribution >= 4 is 50.0 Å². The lowest BCUT2D eigenvalue weighted by atomic mass is 10.2. The molecule has 0 aliphatic heterocycles. The zero-order valence-corrected chi connectivity index (χ0v) is 14.3. The molecule has 0 fully saturated rings. The maximum atomic E-state index is 12.2. The Kier molecular flexibility index (Phi) is 4.56. The van der Waals surface area contributed by atoms with Gasteiger partial charge in [-0.05, 0) is 48.5 Å². The molecule has 0 spiro atoms. The highest BCUT2D eigenvalue weighted by molar-refractivity contribution is 7.94. The van der Waals surface area contributed by atoms with Gasteiger partial charge >= 0.3 is 0 Å². The Labute approximate surface area is 143 Å². The van der Waals surface area contributed by atoms with E-state index in [9.17, 15) is 8.42 Å². The van der Waals surface area contributed by atoms with Gasteiger partial charge in [-0.1, -0.05) is 29.8 Å². The lowest BCUT2D eigenvalue weighted by Gasteiger charge is -2.09. The van der Waals surface area contributed by atoms with Crippen LogP contribution < -0.4 is 10.0 Å². The first-order valence-corrected chi connectivity index (χ1v) is 9.41. The molecule has 0 amide bonds. The highest BCUT2D eigenvalue weighted by Gasteiger charge is 2.16. The van der Waals surface area contributed by atoms with Gasteiger partial charge in [0.2, 0.25) is 0 Å². The van der Waals surface area contributed by atoms with Crippen LogP contribution in [0.2, 0.25) is 4.34 Å². The van der Waals surface area contributed by atoms with E-state index in [-0.39, 0.29) is 4.21 Å². The molecule has 3 aromatic rings. The zero-order chi connectivity index (χ0) is 16.3. The van der Waals surface area contributed by atoms with Crippen molar-refractivity contribution in [3.8, 4) is 0 Å². The second-order valence-electron chi connectivity index (χ2n) is 4.73. The second kappa shape index (κ2) is 6.62. The van der Waals surface area contributed by atoms with Crippen molar-refractivity contribution in [3.05, 3.63) is 71.1 Å². The van der Waals surface area contributed by atoms with E-state index in [2.05, 4.69) is 10.0 Å². The van der Waals surface area contributed by atoms with Gasteiger partial charge in [0.25, 0.3) is 10.0 Å². The third-order valence-electron chi connectivity index (χ3n) is 3.01. The van der Waals surface area contributed by atoms with Crippen LogP contribution >= 0.6 is 22.9 Å². The van der Waals surface area contributed by atoms with Crippen LogP contribution in [0.25, 0.3) is 0 Å². The summed E-state index contributed by atoms with van der Waals surface area (Å²) in [5.74, 6) is 0. The minimum absolute atomic E-state index is 0.189. The van der Waals surface area contributed by atoms with Crippen molar-refractivity contribution < 1.29 is 8.42 Å². The van der Waals surface area contributed by atoms with Crippen molar-refractivity contribution in [1.82, 2.24) is 0 Å². The fraction of sp³-hybridized carbons (Fsp3) is 0. The number of rotatable bonds is 5. The van der Waals surface area contributed by atoms with Gasteiger partial charge in [0.05, 0.1) is 4.34 Å². The number of halogens is 1. The molecule has 118 valence electrons. The first kappa shape index (κ1) is 15.9. The summed E-state index contributed by atoms with van der Waals surface area (Å²) in [5.41, 5.74) is 2.33. The normalized spacial score (nSPS) is 11.2. The third-order valence-corrected chi connectivity index (χ3v) is 6.12. The highest BCUT2D eigenvalue weighted by atomic mass is 35.5. The minimum atomic E-state index is -3.60. The SMILES string of the molecule is O=S(=O)(Nc1ccc(Nc2ccccc2)cc1)c1ccc(Cl)s1. The number of para-hydroxylation sites is 1. The Morgan fingerprint density at radius 3 is 2.00 bits per heavy atom. The van der Waals surface area contributed by atoms with E-state index in [0.717, 1.165) is 22.7 Å². The summed E-state index contributed by atoms with van der Waals surface area (Å²) in [5, 5.41) is 3.24. The van der Waals surface area contributed by atoms with E-state index in [1.54, 1.807) is 18.2 Å². The molecule has 2 N–H and O–H groups in total. The van der Waals surface area contributed by atoms with Crippen molar-refractivity contribution in [2.45, 2.75) is 4.21 Å². The average molecular weight is 365 g/mol.